The minimum Gasteiger partial charge on any atom is -0.354 e. The van der Waals surface area contributed by atoms with Crippen LogP contribution in [0.5, 0.6) is 0 Å². The van der Waals surface area contributed by atoms with E-state index in [0.29, 0.717) is 0 Å². The fraction of sp³-hybridized carbons (Fsp3) is 0.333. The van der Waals surface area contributed by atoms with Crippen molar-refractivity contribution in [2.75, 3.05) is 25.0 Å². The molecule has 0 aliphatic carbocycles. The summed E-state index contributed by atoms with van der Waals surface area (Å²) in [5.74, 6) is 0.933. The molecular formula is C15H20IN5. The number of anilines is 1. The average molecular weight is 397 g/mol. The second-order valence-electron chi connectivity index (χ2n) is 4.77. The van der Waals surface area contributed by atoms with E-state index in [1.165, 1.54) is 11.3 Å². The van der Waals surface area contributed by atoms with Crippen molar-refractivity contribution in [3.05, 3.63) is 48.3 Å². The van der Waals surface area contributed by atoms with Gasteiger partial charge in [0, 0.05) is 38.2 Å². The Morgan fingerprint density at radius 2 is 2.19 bits per heavy atom. The number of aromatic nitrogens is 2. The number of fused-ring (bicyclic) bond motifs is 1. The van der Waals surface area contributed by atoms with Gasteiger partial charge in [0.2, 0.25) is 0 Å². The highest BCUT2D eigenvalue weighted by atomic mass is 127. The number of guanidine groups is 1. The van der Waals surface area contributed by atoms with E-state index in [1.54, 1.807) is 6.20 Å². The van der Waals surface area contributed by atoms with Crippen molar-refractivity contribution >= 4 is 35.6 Å². The number of rotatable bonds is 3. The summed E-state index contributed by atoms with van der Waals surface area (Å²) in [6.45, 7) is 2.63. The van der Waals surface area contributed by atoms with E-state index in [0.717, 1.165) is 32.0 Å². The van der Waals surface area contributed by atoms with Crippen LogP contribution < -0.4 is 10.2 Å². The molecule has 0 radical (unpaired) electrons. The summed E-state index contributed by atoms with van der Waals surface area (Å²) >= 11 is 0. The standard InChI is InChI=1S/C15H19N5.HI/c1-16-15(17-9-12-19-10-4-8-18-19)20-11-7-13-5-2-3-6-14(13)20;/h2-6,8,10H,7,9,11-12H2,1H3,(H,16,17);1H. The van der Waals surface area contributed by atoms with E-state index in [9.17, 15) is 0 Å². The van der Waals surface area contributed by atoms with Crippen molar-refractivity contribution in [1.82, 2.24) is 15.1 Å². The van der Waals surface area contributed by atoms with Crippen molar-refractivity contribution < 1.29 is 0 Å². The molecule has 0 bridgehead atoms. The molecule has 1 aliphatic rings. The first-order valence-electron chi connectivity index (χ1n) is 6.92. The molecule has 0 amide bonds. The van der Waals surface area contributed by atoms with E-state index in [1.807, 2.05) is 24.0 Å². The Bertz CT molecular complexity index is 594. The van der Waals surface area contributed by atoms with Gasteiger partial charge >= 0.3 is 0 Å². The van der Waals surface area contributed by atoms with E-state index < -0.39 is 0 Å². The Hall–Kier alpha value is -1.57. The molecule has 1 N–H and O–H groups in total. The number of aliphatic imine (C=N–C) groups is 1. The predicted octanol–water partition coefficient (Wildman–Crippen LogP) is 2.14. The summed E-state index contributed by atoms with van der Waals surface area (Å²) in [7, 11) is 1.83. The molecule has 21 heavy (non-hydrogen) atoms. The monoisotopic (exact) mass is 397 g/mol. The van der Waals surface area contributed by atoms with Crippen LogP contribution in [0.4, 0.5) is 5.69 Å². The van der Waals surface area contributed by atoms with Crippen LogP contribution in [0.15, 0.2) is 47.7 Å². The fourth-order valence-corrected chi connectivity index (χ4v) is 2.57. The van der Waals surface area contributed by atoms with Crippen LogP contribution in [0.2, 0.25) is 0 Å². The highest BCUT2D eigenvalue weighted by molar-refractivity contribution is 14.0. The van der Waals surface area contributed by atoms with Gasteiger partial charge in [0.1, 0.15) is 0 Å². The maximum atomic E-state index is 4.39. The normalized spacial score (nSPS) is 13.8. The van der Waals surface area contributed by atoms with Gasteiger partial charge in [-0.15, -0.1) is 24.0 Å². The fourth-order valence-electron chi connectivity index (χ4n) is 2.57. The molecule has 3 rings (SSSR count). The van der Waals surface area contributed by atoms with Crippen LogP contribution in [0, 0.1) is 0 Å². The largest absolute Gasteiger partial charge is 0.354 e. The lowest BCUT2D eigenvalue weighted by Crippen LogP contribution is -2.41. The van der Waals surface area contributed by atoms with Crippen LogP contribution in [-0.4, -0.2) is 35.9 Å². The molecule has 1 aromatic heterocycles. The smallest absolute Gasteiger partial charge is 0.198 e. The van der Waals surface area contributed by atoms with Gasteiger partial charge in [-0.3, -0.25) is 9.67 Å². The number of benzene rings is 1. The number of hydrogen-bond acceptors (Lipinski definition) is 2. The van der Waals surface area contributed by atoms with Crippen molar-refractivity contribution in [2.45, 2.75) is 13.0 Å². The topological polar surface area (TPSA) is 45.5 Å². The third-order valence-electron chi connectivity index (χ3n) is 3.54. The number of halogens is 1. The molecule has 1 aliphatic heterocycles. The zero-order chi connectivity index (χ0) is 13.8. The molecule has 6 heteroatoms. The van der Waals surface area contributed by atoms with Gasteiger partial charge in [-0.25, -0.2) is 0 Å². The second kappa shape index (κ2) is 7.44. The van der Waals surface area contributed by atoms with Crippen LogP contribution in [0.1, 0.15) is 5.56 Å². The molecule has 1 aromatic carbocycles. The van der Waals surface area contributed by atoms with E-state index >= 15 is 0 Å². The summed E-state index contributed by atoms with van der Waals surface area (Å²) in [6.07, 6.45) is 4.84. The Labute approximate surface area is 142 Å². The molecular weight excluding hydrogens is 377 g/mol. The Morgan fingerprint density at radius 3 is 2.95 bits per heavy atom. The maximum Gasteiger partial charge on any atom is 0.198 e. The van der Waals surface area contributed by atoms with Crippen LogP contribution in [-0.2, 0) is 13.0 Å². The Morgan fingerprint density at radius 1 is 1.33 bits per heavy atom. The molecule has 5 nitrogen and oxygen atoms in total. The molecule has 0 atom stereocenters. The number of para-hydroxylation sites is 1. The Kier molecular flexibility index (Phi) is 5.60. The van der Waals surface area contributed by atoms with Crippen molar-refractivity contribution in [2.24, 2.45) is 4.99 Å². The highest BCUT2D eigenvalue weighted by Crippen LogP contribution is 2.27. The van der Waals surface area contributed by atoms with Crippen molar-refractivity contribution in [1.29, 1.82) is 0 Å². The van der Waals surface area contributed by atoms with Crippen molar-refractivity contribution in [3.63, 3.8) is 0 Å². The maximum absolute atomic E-state index is 4.39. The SMILES string of the molecule is CN=C(NCCn1cccn1)N1CCc2ccccc21.I. The predicted molar refractivity (Wildman–Crippen MR) is 96.5 cm³/mol. The summed E-state index contributed by atoms with van der Waals surface area (Å²) in [5, 5.41) is 7.60. The third kappa shape index (κ3) is 3.55. The van der Waals surface area contributed by atoms with E-state index in [4.69, 9.17) is 0 Å². The van der Waals surface area contributed by atoms with Gasteiger partial charge in [-0.2, -0.15) is 5.10 Å². The van der Waals surface area contributed by atoms with Gasteiger partial charge in [-0.05, 0) is 24.1 Å². The molecule has 0 unspecified atom stereocenters. The number of nitrogens with one attached hydrogen (secondary N) is 1. The highest BCUT2D eigenvalue weighted by Gasteiger charge is 2.21. The zero-order valence-electron chi connectivity index (χ0n) is 12.1. The second-order valence-corrected chi connectivity index (χ2v) is 4.77. The first-order valence-corrected chi connectivity index (χ1v) is 6.92. The summed E-state index contributed by atoms with van der Waals surface area (Å²) < 4.78 is 1.91. The lowest BCUT2D eigenvalue weighted by Gasteiger charge is -2.22. The summed E-state index contributed by atoms with van der Waals surface area (Å²) in [5.41, 5.74) is 2.65. The molecule has 2 heterocycles. The van der Waals surface area contributed by atoms with Gasteiger partial charge in [0.15, 0.2) is 5.96 Å². The first kappa shape index (κ1) is 15.8. The minimum atomic E-state index is 0. The molecule has 0 spiro atoms. The van der Waals surface area contributed by atoms with Crippen molar-refractivity contribution in [3.8, 4) is 0 Å². The average Bonchev–Trinajstić information content (AvgIpc) is 3.13. The van der Waals surface area contributed by atoms with Gasteiger partial charge in [0.25, 0.3) is 0 Å². The molecule has 112 valence electrons. The first-order chi connectivity index (χ1) is 9.88. The van der Waals surface area contributed by atoms with Crippen LogP contribution in [0.25, 0.3) is 0 Å². The molecule has 0 fully saturated rings. The van der Waals surface area contributed by atoms with E-state index in [2.05, 4.69) is 44.6 Å². The zero-order valence-corrected chi connectivity index (χ0v) is 14.4. The number of nitrogens with zero attached hydrogens (tertiary/aromatic N) is 4. The number of hydrogen-bond donors (Lipinski definition) is 1. The summed E-state index contributed by atoms with van der Waals surface area (Å²) in [4.78, 5) is 6.64. The molecule has 0 saturated heterocycles. The van der Waals surface area contributed by atoms with Gasteiger partial charge in [-0.1, -0.05) is 18.2 Å². The quantitative estimate of drug-likeness (QED) is 0.491. The molecule has 0 saturated carbocycles. The third-order valence-corrected chi connectivity index (χ3v) is 3.54. The lowest BCUT2D eigenvalue weighted by atomic mass is 10.2. The summed E-state index contributed by atoms with van der Waals surface area (Å²) in [6, 6.07) is 10.4. The molecule has 2 aromatic rings. The van der Waals surface area contributed by atoms with E-state index in [-0.39, 0.29) is 24.0 Å². The van der Waals surface area contributed by atoms with Crippen LogP contribution in [0.3, 0.4) is 0 Å². The lowest BCUT2D eigenvalue weighted by molar-refractivity contribution is 0.601. The van der Waals surface area contributed by atoms with Gasteiger partial charge in [0.05, 0.1) is 6.54 Å². The van der Waals surface area contributed by atoms with Crippen LogP contribution >= 0.6 is 24.0 Å². The minimum absolute atomic E-state index is 0. The van der Waals surface area contributed by atoms with Gasteiger partial charge < -0.3 is 10.2 Å². The Balaban J connectivity index is 0.00000161.